The summed E-state index contributed by atoms with van der Waals surface area (Å²) in [6.45, 7) is 3.06. The number of benzene rings is 2. The first kappa shape index (κ1) is 28.1. The summed E-state index contributed by atoms with van der Waals surface area (Å²) in [4.78, 5) is 0.163. The Bertz CT molecular complexity index is 1250. The molecule has 0 spiro atoms. The first-order valence-electron chi connectivity index (χ1n) is 9.79. The average Bonchev–Trinajstić information content (AvgIpc) is 2.76. The summed E-state index contributed by atoms with van der Waals surface area (Å²) < 4.78 is 55.9. The molecule has 0 amide bonds. The van der Waals surface area contributed by atoms with Gasteiger partial charge in [-0.2, -0.15) is 10.2 Å². The number of nitrogens with one attached hydrogen (secondary N) is 2. The number of nitrogens with two attached hydrogens (primary N) is 2. The Hall–Kier alpha value is -3.14. The van der Waals surface area contributed by atoms with Gasteiger partial charge in [0.1, 0.15) is 11.5 Å². The van der Waals surface area contributed by atoms with Gasteiger partial charge in [-0.1, -0.05) is 0 Å². The highest BCUT2D eigenvalue weighted by Crippen LogP contribution is 2.25. The van der Waals surface area contributed by atoms with Crippen LogP contribution in [0.5, 0.6) is 11.5 Å². The van der Waals surface area contributed by atoms with E-state index in [1.807, 2.05) is 0 Å². The lowest BCUT2D eigenvalue weighted by Crippen LogP contribution is -2.26. The van der Waals surface area contributed by atoms with Crippen molar-refractivity contribution in [3.05, 3.63) is 48.5 Å². The van der Waals surface area contributed by atoms with Gasteiger partial charge in [-0.05, 0) is 86.8 Å². The number of nitrogens with zero attached hydrogens (tertiary/aromatic N) is 2. The van der Waals surface area contributed by atoms with Gasteiger partial charge in [-0.3, -0.25) is 10.9 Å². The van der Waals surface area contributed by atoms with Gasteiger partial charge in [0.25, 0.3) is 0 Å². The highest BCUT2D eigenvalue weighted by atomic mass is 32.2. The van der Waals surface area contributed by atoms with Crippen molar-refractivity contribution in [1.82, 2.24) is 10.9 Å². The second-order valence-electron chi connectivity index (χ2n) is 7.21. The van der Waals surface area contributed by atoms with Crippen LogP contribution in [0.2, 0.25) is 0 Å². The smallest absolute Gasteiger partial charge is 0.184 e. The molecule has 0 saturated heterocycles. The molecule has 15 heteroatoms. The zero-order valence-electron chi connectivity index (χ0n) is 18.8. The first-order chi connectivity index (χ1) is 16.3. The molecule has 2 aromatic carbocycles. The van der Waals surface area contributed by atoms with E-state index in [4.69, 9.17) is 16.2 Å². The van der Waals surface area contributed by atoms with E-state index in [9.17, 15) is 16.8 Å². The molecule has 0 aliphatic heterocycles. The van der Waals surface area contributed by atoms with Crippen molar-refractivity contribution in [2.75, 3.05) is 11.5 Å². The van der Waals surface area contributed by atoms with Gasteiger partial charge < -0.3 is 16.2 Å². The molecule has 0 aliphatic rings. The van der Waals surface area contributed by atoms with Crippen LogP contribution in [-0.2, 0) is 19.7 Å². The fourth-order valence-electron chi connectivity index (χ4n) is 2.65. The molecule has 11 nitrogen and oxygen atoms in total. The lowest BCUT2D eigenvalue weighted by molar-refractivity contribution is 0.481. The maximum atomic E-state index is 12.5. The van der Waals surface area contributed by atoms with Crippen LogP contribution < -0.4 is 27.1 Å². The van der Waals surface area contributed by atoms with Crippen molar-refractivity contribution in [3.8, 4) is 11.5 Å². The SMILES string of the molecule is CC(CS(=O)(=O)c1ccc(Oc2ccc(S(=O)(=O)CC(C)=NNC(N)=S)cc2)cc1)=NNC(N)=S. The molecule has 0 saturated carbocycles. The second-order valence-corrected chi connectivity index (χ2v) is 12.1. The van der Waals surface area contributed by atoms with Gasteiger partial charge in [0.2, 0.25) is 0 Å². The van der Waals surface area contributed by atoms with Gasteiger partial charge in [-0.25, -0.2) is 16.8 Å². The predicted octanol–water partition coefficient (Wildman–Crippen LogP) is 1.44. The largest absolute Gasteiger partial charge is 0.457 e. The van der Waals surface area contributed by atoms with Gasteiger partial charge in [0.15, 0.2) is 29.9 Å². The van der Waals surface area contributed by atoms with E-state index in [1.54, 1.807) is 0 Å². The molecule has 2 rings (SSSR count). The van der Waals surface area contributed by atoms with Gasteiger partial charge >= 0.3 is 0 Å². The molecule has 0 aliphatic carbocycles. The number of rotatable bonds is 10. The summed E-state index contributed by atoms with van der Waals surface area (Å²) in [5.74, 6) is 0.0919. The van der Waals surface area contributed by atoms with Crippen molar-refractivity contribution < 1.29 is 21.6 Å². The number of thiocarbonyl (C=S) groups is 2. The van der Waals surface area contributed by atoms with Crippen molar-refractivity contribution in [2.24, 2.45) is 21.7 Å². The molecule has 0 aromatic heterocycles. The van der Waals surface area contributed by atoms with E-state index in [0.29, 0.717) is 11.5 Å². The van der Waals surface area contributed by atoms with Crippen molar-refractivity contribution in [2.45, 2.75) is 23.6 Å². The molecule has 0 bridgehead atoms. The standard InChI is InChI=1S/C20H24N6O5S4/c1-13(23-25-19(21)32)11-34(27,28)17-7-3-15(4-8-17)31-16-5-9-18(10-6-16)35(29,30)12-14(2)24-26-20(22)33/h3-10H,11-12H2,1-2H3,(H3,21,25,32)(H3,22,26,33). The van der Waals surface area contributed by atoms with E-state index in [-0.39, 0.29) is 42.9 Å². The fraction of sp³-hybridized carbons (Fsp3) is 0.200. The molecule has 2 aromatic rings. The molecule has 0 atom stereocenters. The van der Waals surface area contributed by atoms with Crippen LogP contribution in [0.15, 0.2) is 68.5 Å². The van der Waals surface area contributed by atoms with Crippen LogP contribution in [0.25, 0.3) is 0 Å². The lowest BCUT2D eigenvalue weighted by atomic mass is 10.3. The summed E-state index contributed by atoms with van der Waals surface area (Å²) in [6.07, 6.45) is 0. The number of hydrogen-bond acceptors (Lipinski definition) is 9. The number of hydrazone groups is 2. The minimum absolute atomic E-state index is 0.0669. The third-order valence-electron chi connectivity index (χ3n) is 4.11. The van der Waals surface area contributed by atoms with Crippen LogP contribution >= 0.6 is 24.4 Å². The summed E-state index contributed by atoms with van der Waals surface area (Å²) in [5.41, 5.74) is 15.8. The van der Waals surface area contributed by atoms with E-state index in [0.717, 1.165) is 0 Å². The third-order valence-corrected chi connectivity index (χ3v) is 7.87. The Balaban J connectivity index is 2.07. The van der Waals surface area contributed by atoms with Crippen LogP contribution in [-0.4, -0.2) is 50.0 Å². The molecule has 0 heterocycles. The molecule has 0 fully saturated rings. The van der Waals surface area contributed by atoms with Crippen LogP contribution in [0.4, 0.5) is 0 Å². The monoisotopic (exact) mass is 556 g/mol. The molecule has 6 N–H and O–H groups in total. The van der Waals surface area contributed by atoms with E-state index < -0.39 is 19.7 Å². The summed E-state index contributed by atoms with van der Waals surface area (Å²) >= 11 is 9.25. The van der Waals surface area contributed by atoms with Crippen molar-refractivity contribution in [1.29, 1.82) is 0 Å². The molecule has 188 valence electrons. The Labute approximate surface area is 214 Å². The normalized spacial score (nSPS) is 12.6. The quantitative estimate of drug-likeness (QED) is 0.189. The number of ether oxygens (including phenoxy) is 1. The minimum atomic E-state index is -3.64. The summed E-state index contributed by atoms with van der Waals surface area (Å²) in [5, 5.41) is 7.46. The van der Waals surface area contributed by atoms with Gasteiger partial charge in [-0.15, -0.1) is 0 Å². The molecular weight excluding hydrogens is 533 g/mol. The number of hydrogen-bond donors (Lipinski definition) is 4. The zero-order chi connectivity index (χ0) is 26.2. The highest BCUT2D eigenvalue weighted by Gasteiger charge is 2.18. The van der Waals surface area contributed by atoms with Crippen LogP contribution in [0, 0.1) is 0 Å². The topological polar surface area (TPSA) is 178 Å². The van der Waals surface area contributed by atoms with E-state index >= 15 is 0 Å². The maximum Gasteiger partial charge on any atom is 0.184 e. The van der Waals surface area contributed by atoms with E-state index in [2.05, 4.69) is 45.5 Å². The summed E-state index contributed by atoms with van der Waals surface area (Å²) in [6, 6.07) is 11.6. The van der Waals surface area contributed by atoms with Crippen LogP contribution in [0.1, 0.15) is 13.8 Å². The Morgan fingerprint density at radius 1 is 0.743 bits per heavy atom. The minimum Gasteiger partial charge on any atom is -0.457 e. The van der Waals surface area contributed by atoms with Crippen molar-refractivity contribution >= 4 is 65.8 Å². The molecular formula is C20H24N6O5S4. The number of sulfone groups is 2. The molecule has 0 unspecified atom stereocenters. The van der Waals surface area contributed by atoms with Crippen LogP contribution in [0.3, 0.4) is 0 Å². The fourth-order valence-corrected chi connectivity index (χ4v) is 5.40. The van der Waals surface area contributed by atoms with Gasteiger partial charge in [0, 0.05) is 0 Å². The maximum absolute atomic E-state index is 12.5. The van der Waals surface area contributed by atoms with Crippen molar-refractivity contribution in [3.63, 3.8) is 0 Å². The lowest BCUT2D eigenvalue weighted by Gasteiger charge is -2.09. The Morgan fingerprint density at radius 2 is 1.06 bits per heavy atom. The Kier molecular flexibility index (Phi) is 9.64. The predicted molar refractivity (Wildman–Crippen MR) is 143 cm³/mol. The zero-order valence-corrected chi connectivity index (χ0v) is 22.0. The molecule has 35 heavy (non-hydrogen) atoms. The van der Waals surface area contributed by atoms with E-state index in [1.165, 1.54) is 62.4 Å². The Morgan fingerprint density at radius 3 is 1.34 bits per heavy atom. The third kappa shape index (κ3) is 9.20. The molecule has 0 radical (unpaired) electrons. The highest BCUT2D eigenvalue weighted by molar-refractivity contribution is 7.92. The van der Waals surface area contributed by atoms with Gasteiger partial charge in [0.05, 0.1) is 32.7 Å². The second kappa shape index (κ2) is 12.0. The first-order valence-corrected chi connectivity index (χ1v) is 13.9. The average molecular weight is 557 g/mol. The summed E-state index contributed by atoms with van der Waals surface area (Å²) in [7, 11) is -7.29.